The van der Waals surface area contributed by atoms with Crippen molar-refractivity contribution in [3.63, 3.8) is 0 Å². The van der Waals surface area contributed by atoms with Crippen molar-refractivity contribution in [1.82, 2.24) is 0 Å². The zero-order chi connectivity index (χ0) is 20.9. The predicted octanol–water partition coefficient (Wildman–Crippen LogP) is 1.62. The highest BCUT2D eigenvalue weighted by Crippen LogP contribution is 2.48. The number of allylic oxidation sites excluding steroid dienone is 2. The fourth-order valence-corrected chi connectivity index (χ4v) is 4.13. The number of carbonyl (C=O) groups is 1. The van der Waals surface area contributed by atoms with Crippen molar-refractivity contribution in [1.29, 1.82) is 0 Å². The lowest BCUT2D eigenvalue weighted by Gasteiger charge is -2.34. The van der Waals surface area contributed by atoms with Crippen molar-refractivity contribution in [3.8, 4) is 0 Å². The number of aliphatic hydroxyl groups excluding tert-OH is 1. The summed E-state index contributed by atoms with van der Waals surface area (Å²) in [5.41, 5.74) is 19.2. The third-order valence-electron chi connectivity index (χ3n) is 5.53. The van der Waals surface area contributed by atoms with Crippen LogP contribution in [0.15, 0.2) is 34.4 Å². The molecule has 1 spiro atoms. The van der Waals surface area contributed by atoms with Crippen LogP contribution < -0.4 is 17.2 Å². The van der Waals surface area contributed by atoms with E-state index < -0.39 is 18.0 Å². The van der Waals surface area contributed by atoms with E-state index in [1.165, 1.54) is 0 Å². The SMILES string of the molecule is NCCCOC(=O)OCOC1=C(C2=C(N)C=C(N)CC2)C(O)OC12CCCCC2. The van der Waals surface area contributed by atoms with E-state index in [0.29, 0.717) is 48.5 Å². The molecule has 0 amide bonds. The first-order valence-corrected chi connectivity index (χ1v) is 10.1. The minimum atomic E-state index is -1.15. The van der Waals surface area contributed by atoms with Crippen molar-refractivity contribution in [3.05, 3.63) is 34.4 Å². The summed E-state index contributed by atoms with van der Waals surface area (Å²) >= 11 is 0. The molecule has 1 fully saturated rings. The van der Waals surface area contributed by atoms with Crippen molar-refractivity contribution in [2.24, 2.45) is 17.2 Å². The molecule has 3 rings (SSSR count). The molecule has 3 aliphatic rings. The van der Waals surface area contributed by atoms with Crippen LogP contribution in [0.1, 0.15) is 51.4 Å². The van der Waals surface area contributed by atoms with Gasteiger partial charge in [-0.25, -0.2) is 4.79 Å². The number of nitrogens with two attached hydrogens (primary N) is 3. The van der Waals surface area contributed by atoms with Gasteiger partial charge in [-0.3, -0.25) is 0 Å². The quantitative estimate of drug-likeness (QED) is 0.279. The van der Waals surface area contributed by atoms with Crippen LogP contribution in [0.4, 0.5) is 4.79 Å². The van der Waals surface area contributed by atoms with Gasteiger partial charge in [-0.1, -0.05) is 19.3 Å². The molecule has 0 aromatic carbocycles. The average molecular weight is 409 g/mol. The Bertz CT molecular complexity index is 709. The minimum Gasteiger partial charge on any atom is -0.458 e. The monoisotopic (exact) mass is 409 g/mol. The van der Waals surface area contributed by atoms with E-state index in [9.17, 15) is 9.90 Å². The first-order chi connectivity index (χ1) is 14.0. The highest BCUT2D eigenvalue weighted by molar-refractivity contribution is 5.59. The van der Waals surface area contributed by atoms with Crippen molar-refractivity contribution < 1.29 is 28.8 Å². The molecule has 0 bridgehead atoms. The number of aliphatic hydroxyl groups is 1. The number of carbonyl (C=O) groups excluding carboxylic acids is 1. The Kier molecular flexibility index (Phi) is 7.05. The van der Waals surface area contributed by atoms with Gasteiger partial charge in [0, 0.05) is 11.4 Å². The van der Waals surface area contributed by atoms with Gasteiger partial charge in [0.25, 0.3) is 0 Å². The van der Waals surface area contributed by atoms with E-state index in [1.807, 2.05) is 0 Å². The van der Waals surface area contributed by atoms with Crippen LogP contribution in [0.25, 0.3) is 0 Å². The summed E-state index contributed by atoms with van der Waals surface area (Å²) in [5, 5.41) is 10.7. The van der Waals surface area contributed by atoms with E-state index in [1.54, 1.807) is 6.08 Å². The normalized spacial score (nSPS) is 23.9. The molecular formula is C20H31N3O6. The average Bonchev–Trinajstić information content (AvgIpc) is 2.93. The molecule has 29 heavy (non-hydrogen) atoms. The van der Waals surface area contributed by atoms with Crippen molar-refractivity contribution in [2.75, 3.05) is 19.9 Å². The largest absolute Gasteiger partial charge is 0.511 e. The van der Waals surface area contributed by atoms with E-state index >= 15 is 0 Å². The van der Waals surface area contributed by atoms with Gasteiger partial charge in [0.05, 0.1) is 12.2 Å². The van der Waals surface area contributed by atoms with Gasteiger partial charge in [-0.05, 0) is 50.3 Å². The molecule has 0 saturated heterocycles. The molecule has 0 aromatic heterocycles. The summed E-state index contributed by atoms with van der Waals surface area (Å²) in [5.74, 6) is 0.492. The van der Waals surface area contributed by atoms with Crippen LogP contribution in [0.5, 0.6) is 0 Å². The molecule has 1 aliphatic heterocycles. The molecule has 1 unspecified atom stereocenters. The molecular weight excluding hydrogens is 378 g/mol. The van der Waals surface area contributed by atoms with E-state index in [4.69, 9.17) is 36.1 Å². The van der Waals surface area contributed by atoms with Crippen LogP contribution in [0, 0.1) is 0 Å². The number of hydrogen-bond acceptors (Lipinski definition) is 9. The third kappa shape index (κ3) is 4.85. The fourth-order valence-electron chi connectivity index (χ4n) is 4.13. The molecule has 9 nitrogen and oxygen atoms in total. The zero-order valence-corrected chi connectivity index (χ0v) is 16.7. The summed E-state index contributed by atoms with van der Waals surface area (Å²) in [4.78, 5) is 11.7. The van der Waals surface area contributed by atoms with Gasteiger partial charge in [-0.15, -0.1) is 0 Å². The maximum absolute atomic E-state index is 11.7. The second-order valence-corrected chi connectivity index (χ2v) is 7.57. The van der Waals surface area contributed by atoms with Crippen LogP contribution >= 0.6 is 0 Å². The predicted molar refractivity (Wildman–Crippen MR) is 105 cm³/mol. The van der Waals surface area contributed by atoms with E-state index in [0.717, 1.165) is 37.7 Å². The van der Waals surface area contributed by atoms with Crippen LogP contribution in [0.2, 0.25) is 0 Å². The lowest BCUT2D eigenvalue weighted by molar-refractivity contribution is -0.156. The van der Waals surface area contributed by atoms with Gasteiger partial charge in [0.1, 0.15) is 11.4 Å². The Balaban J connectivity index is 1.81. The zero-order valence-electron chi connectivity index (χ0n) is 16.7. The molecule has 1 saturated carbocycles. The second kappa shape index (κ2) is 9.51. The summed E-state index contributed by atoms with van der Waals surface area (Å²) in [6.07, 6.45) is 5.93. The van der Waals surface area contributed by atoms with E-state index in [2.05, 4.69) is 0 Å². The van der Waals surface area contributed by atoms with E-state index in [-0.39, 0.29) is 13.4 Å². The first-order valence-electron chi connectivity index (χ1n) is 10.1. The summed E-state index contributed by atoms with van der Waals surface area (Å²) in [6.45, 7) is 0.267. The first kappa shape index (κ1) is 21.5. The lowest BCUT2D eigenvalue weighted by atomic mass is 9.81. The Morgan fingerprint density at radius 3 is 2.66 bits per heavy atom. The van der Waals surface area contributed by atoms with Crippen LogP contribution in [-0.2, 0) is 18.9 Å². The van der Waals surface area contributed by atoms with Crippen molar-refractivity contribution >= 4 is 6.16 Å². The van der Waals surface area contributed by atoms with Gasteiger partial charge in [0.15, 0.2) is 6.29 Å². The lowest BCUT2D eigenvalue weighted by Crippen LogP contribution is -2.36. The molecule has 2 aliphatic carbocycles. The highest BCUT2D eigenvalue weighted by atomic mass is 16.8. The second-order valence-electron chi connectivity index (χ2n) is 7.57. The smallest absolute Gasteiger partial charge is 0.458 e. The maximum atomic E-state index is 11.7. The Hall–Kier alpha value is -2.23. The summed E-state index contributed by atoms with van der Waals surface area (Å²) < 4.78 is 21.8. The highest BCUT2D eigenvalue weighted by Gasteiger charge is 2.50. The third-order valence-corrected chi connectivity index (χ3v) is 5.53. The van der Waals surface area contributed by atoms with Gasteiger partial charge >= 0.3 is 6.16 Å². The molecule has 1 heterocycles. The summed E-state index contributed by atoms with van der Waals surface area (Å²) in [7, 11) is 0. The number of ether oxygens (including phenoxy) is 4. The van der Waals surface area contributed by atoms with Crippen molar-refractivity contribution in [2.45, 2.75) is 63.3 Å². The standard InChI is InChI=1S/C20H31N3O6/c21-9-4-10-26-19(25)28-12-27-17-16(14-6-5-13(22)11-15(14)23)18(24)29-20(17)7-2-1-3-8-20/h11,18,24H,1-10,12,21-23H2. The fraction of sp³-hybridized carbons (Fsp3) is 0.650. The summed E-state index contributed by atoms with van der Waals surface area (Å²) in [6, 6.07) is 0. The Morgan fingerprint density at radius 1 is 1.21 bits per heavy atom. The maximum Gasteiger partial charge on any atom is 0.511 e. The van der Waals surface area contributed by atoms with Gasteiger partial charge in [-0.2, -0.15) is 0 Å². The van der Waals surface area contributed by atoms with Gasteiger partial charge < -0.3 is 41.3 Å². The van der Waals surface area contributed by atoms with Crippen LogP contribution in [-0.4, -0.2) is 43.1 Å². The van der Waals surface area contributed by atoms with Crippen LogP contribution in [0.3, 0.4) is 0 Å². The molecule has 0 radical (unpaired) electrons. The molecule has 0 aromatic rings. The topological polar surface area (TPSA) is 152 Å². The minimum absolute atomic E-state index is 0.187. The molecule has 7 N–H and O–H groups in total. The molecule has 162 valence electrons. The van der Waals surface area contributed by atoms with Gasteiger partial charge in [0.2, 0.25) is 6.79 Å². The molecule has 9 heteroatoms. The number of rotatable bonds is 7. The number of hydrogen-bond donors (Lipinski definition) is 4. The Morgan fingerprint density at radius 2 is 1.97 bits per heavy atom. The Labute approximate surface area is 170 Å². The molecule has 1 atom stereocenters.